The summed E-state index contributed by atoms with van der Waals surface area (Å²) in [5.74, 6) is 0.00907. The first-order chi connectivity index (χ1) is 10.2. The monoisotopic (exact) mass is 283 g/mol. The summed E-state index contributed by atoms with van der Waals surface area (Å²) < 4.78 is 0. The minimum Gasteiger partial charge on any atom is -0.391 e. The van der Waals surface area contributed by atoms with Gasteiger partial charge in [0.15, 0.2) is 0 Å². The summed E-state index contributed by atoms with van der Waals surface area (Å²) in [7, 11) is 1.88. The molecule has 2 N–H and O–H groups in total. The van der Waals surface area contributed by atoms with Gasteiger partial charge in [-0.2, -0.15) is 0 Å². The second-order valence-corrected chi connectivity index (χ2v) is 5.51. The van der Waals surface area contributed by atoms with Crippen LogP contribution in [0.4, 0.5) is 0 Å². The van der Waals surface area contributed by atoms with Crippen molar-refractivity contribution in [1.29, 1.82) is 0 Å². The van der Waals surface area contributed by atoms with Gasteiger partial charge in [0.1, 0.15) is 0 Å². The molecule has 2 heteroatoms. The summed E-state index contributed by atoms with van der Waals surface area (Å²) in [5.41, 5.74) is 4.97. The Morgan fingerprint density at radius 3 is 2.24 bits per heavy atom. The number of aliphatic hydroxyl groups excluding tert-OH is 1. The maximum Gasteiger partial charge on any atom is 0.0773 e. The Labute approximate surface area is 127 Å². The molecule has 2 unspecified atom stereocenters. The minimum absolute atomic E-state index is 0.00907. The van der Waals surface area contributed by atoms with Crippen molar-refractivity contribution in [2.45, 2.75) is 32.3 Å². The van der Waals surface area contributed by atoms with Crippen LogP contribution in [-0.4, -0.2) is 24.8 Å². The normalized spacial score (nSPS) is 13.9. The van der Waals surface area contributed by atoms with Crippen LogP contribution in [0, 0.1) is 6.92 Å². The number of likely N-dealkylation sites (N-methyl/N-ethyl adjacent to an activating group) is 1. The second kappa shape index (κ2) is 7.39. The number of aryl methyl sites for hydroxylation is 2. The Bertz CT molecular complexity index is 579. The second-order valence-electron chi connectivity index (χ2n) is 5.51. The van der Waals surface area contributed by atoms with Crippen LogP contribution in [0.1, 0.15) is 35.1 Å². The summed E-state index contributed by atoms with van der Waals surface area (Å²) in [6.07, 6.45) is 0.536. The fourth-order valence-electron chi connectivity index (χ4n) is 3.00. The molecule has 0 radical (unpaired) electrons. The van der Waals surface area contributed by atoms with Crippen molar-refractivity contribution in [2.75, 3.05) is 13.6 Å². The van der Waals surface area contributed by atoms with Crippen molar-refractivity contribution in [1.82, 2.24) is 5.32 Å². The van der Waals surface area contributed by atoms with Crippen molar-refractivity contribution in [3.05, 3.63) is 70.8 Å². The highest BCUT2D eigenvalue weighted by atomic mass is 16.3. The van der Waals surface area contributed by atoms with E-state index >= 15 is 0 Å². The summed E-state index contributed by atoms with van der Waals surface area (Å²) in [4.78, 5) is 0. The Morgan fingerprint density at radius 1 is 1.00 bits per heavy atom. The van der Waals surface area contributed by atoms with E-state index in [1.165, 1.54) is 22.3 Å². The smallest absolute Gasteiger partial charge is 0.0773 e. The summed E-state index contributed by atoms with van der Waals surface area (Å²) in [6, 6.07) is 16.8. The first-order valence-electron chi connectivity index (χ1n) is 7.65. The lowest BCUT2D eigenvalue weighted by atomic mass is 9.81. The van der Waals surface area contributed by atoms with E-state index in [0.29, 0.717) is 6.54 Å². The molecule has 2 aromatic rings. The van der Waals surface area contributed by atoms with Gasteiger partial charge in [-0.3, -0.25) is 0 Å². The predicted molar refractivity (Wildman–Crippen MR) is 88.8 cm³/mol. The standard InChI is InChI=1S/C19H25NO/c1-4-15-10-6-8-12-17(15)19(18(21)13-20-3)16-11-7-5-9-14(16)2/h5-12,18-21H,4,13H2,1-3H3. The zero-order valence-corrected chi connectivity index (χ0v) is 13.1. The van der Waals surface area contributed by atoms with Crippen molar-refractivity contribution in [3.63, 3.8) is 0 Å². The van der Waals surface area contributed by atoms with Crippen molar-refractivity contribution < 1.29 is 5.11 Å². The summed E-state index contributed by atoms with van der Waals surface area (Å²) in [6.45, 7) is 4.86. The van der Waals surface area contributed by atoms with Gasteiger partial charge in [-0.1, -0.05) is 55.5 Å². The van der Waals surface area contributed by atoms with Crippen LogP contribution in [-0.2, 0) is 6.42 Å². The van der Waals surface area contributed by atoms with E-state index in [0.717, 1.165) is 6.42 Å². The molecule has 0 aliphatic carbocycles. The Kier molecular flexibility index (Phi) is 5.54. The molecule has 0 saturated carbocycles. The maximum absolute atomic E-state index is 10.7. The van der Waals surface area contributed by atoms with Gasteiger partial charge in [0.2, 0.25) is 0 Å². The van der Waals surface area contributed by atoms with Gasteiger partial charge in [-0.15, -0.1) is 0 Å². The number of nitrogens with one attached hydrogen (secondary N) is 1. The fourth-order valence-corrected chi connectivity index (χ4v) is 3.00. The van der Waals surface area contributed by atoms with Gasteiger partial charge in [0.25, 0.3) is 0 Å². The Balaban J connectivity index is 2.53. The average molecular weight is 283 g/mol. The molecule has 0 heterocycles. The molecular formula is C19H25NO. The van der Waals surface area contributed by atoms with Crippen LogP contribution in [0.15, 0.2) is 48.5 Å². The third-order valence-corrected chi connectivity index (χ3v) is 4.09. The van der Waals surface area contributed by atoms with E-state index in [9.17, 15) is 5.11 Å². The van der Waals surface area contributed by atoms with Crippen LogP contribution < -0.4 is 5.32 Å². The molecule has 0 saturated heterocycles. The molecule has 0 aromatic heterocycles. The van der Waals surface area contributed by atoms with Gasteiger partial charge in [0.05, 0.1) is 6.10 Å². The highest BCUT2D eigenvalue weighted by Gasteiger charge is 2.25. The third-order valence-electron chi connectivity index (χ3n) is 4.09. The Morgan fingerprint density at radius 2 is 1.62 bits per heavy atom. The fraction of sp³-hybridized carbons (Fsp3) is 0.368. The number of hydrogen-bond donors (Lipinski definition) is 2. The molecule has 2 aromatic carbocycles. The van der Waals surface area contributed by atoms with E-state index in [2.05, 4.69) is 61.6 Å². The molecule has 0 aliphatic heterocycles. The topological polar surface area (TPSA) is 32.3 Å². The first-order valence-corrected chi connectivity index (χ1v) is 7.65. The highest BCUT2D eigenvalue weighted by molar-refractivity contribution is 5.42. The lowest BCUT2D eigenvalue weighted by Crippen LogP contribution is -2.31. The van der Waals surface area contributed by atoms with Crippen LogP contribution >= 0.6 is 0 Å². The number of hydrogen-bond acceptors (Lipinski definition) is 2. The van der Waals surface area contributed by atoms with Crippen molar-refractivity contribution in [2.24, 2.45) is 0 Å². The molecule has 2 atom stereocenters. The van der Waals surface area contributed by atoms with Crippen molar-refractivity contribution in [3.8, 4) is 0 Å². The SMILES string of the molecule is CCc1ccccc1C(c1ccccc1C)C(O)CNC. The molecule has 0 bridgehead atoms. The highest BCUT2D eigenvalue weighted by Crippen LogP contribution is 2.32. The lowest BCUT2D eigenvalue weighted by Gasteiger charge is -2.27. The van der Waals surface area contributed by atoms with Gasteiger partial charge in [-0.05, 0) is 42.6 Å². The van der Waals surface area contributed by atoms with Crippen LogP contribution in [0.5, 0.6) is 0 Å². The van der Waals surface area contributed by atoms with E-state index in [-0.39, 0.29) is 5.92 Å². The van der Waals surface area contributed by atoms with Crippen LogP contribution in [0.25, 0.3) is 0 Å². The molecular weight excluding hydrogens is 258 g/mol. The zero-order chi connectivity index (χ0) is 15.2. The Hall–Kier alpha value is -1.64. The summed E-state index contributed by atoms with van der Waals surface area (Å²) in [5, 5.41) is 13.8. The molecule has 0 amide bonds. The molecule has 0 aliphatic rings. The molecule has 0 spiro atoms. The van der Waals surface area contributed by atoms with Crippen molar-refractivity contribution >= 4 is 0 Å². The molecule has 112 valence electrons. The number of rotatable bonds is 6. The van der Waals surface area contributed by atoms with Gasteiger partial charge < -0.3 is 10.4 Å². The largest absolute Gasteiger partial charge is 0.391 e. The molecule has 0 fully saturated rings. The van der Waals surface area contributed by atoms with Gasteiger partial charge in [0, 0.05) is 12.5 Å². The minimum atomic E-state index is -0.441. The average Bonchev–Trinajstić information content (AvgIpc) is 2.50. The summed E-state index contributed by atoms with van der Waals surface area (Å²) >= 11 is 0. The third kappa shape index (κ3) is 3.52. The first kappa shape index (κ1) is 15.7. The molecule has 2 nitrogen and oxygen atoms in total. The van der Waals surface area contributed by atoms with E-state index in [4.69, 9.17) is 0 Å². The quantitative estimate of drug-likeness (QED) is 0.853. The van der Waals surface area contributed by atoms with E-state index in [1.54, 1.807) is 0 Å². The van der Waals surface area contributed by atoms with E-state index < -0.39 is 6.10 Å². The van der Waals surface area contributed by atoms with Crippen LogP contribution in [0.2, 0.25) is 0 Å². The molecule has 21 heavy (non-hydrogen) atoms. The van der Waals surface area contributed by atoms with E-state index in [1.807, 2.05) is 13.1 Å². The number of benzene rings is 2. The lowest BCUT2D eigenvalue weighted by molar-refractivity contribution is 0.156. The van der Waals surface area contributed by atoms with Gasteiger partial charge in [-0.25, -0.2) is 0 Å². The van der Waals surface area contributed by atoms with Gasteiger partial charge >= 0.3 is 0 Å². The van der Waals surface area contributed by atoms with Crippen LogP contribution in [0.3, 0.4) is 0 Å². The zero-order valence-electron chi connectivity index (χ0n) is 13.1. The predicted octanol–water partition coefficient (Wildman–Crippen LogP) is 3.27. The molecule has 2 rings (SSSR count). The maximum atomic E-state index is 10.7. The number of aliphatic hydroxyl groups is 1.